The number of Topliss-reactive ketones (excluding diaryl/α,β-unsaturated/α-hetero) is 1. The number of halogens is 2. The van der Waals surface area contributed by atoms with Gasteiger partial charge in [-0.1, -0.05) is 23.7 Å². The molecule has 1 aliphatic heterocycles. The molecule has 8 heteroatoms. The second kappa shape index (κ2) is 8.88. The van der Waals surface area contributed by atoms with Gasteiger partial charge in [-0.05, 0) is 53.9 Å². The second-order valence-electron chi connectivity index (χ2n) is 7.54. The number of carbonyl (C=O) groups is 3. The number of carbonyl (C=O) groups excluding carboxylic acids is 3. The minimum atomic E-state index is -0.984. The van der Waals surface area contributed by atoms with Gasteiger partial charge in [0.15, 0.2) is 5.78 Å². The third-order valence-electron chi connectivity index (χ3n) is 5.43. The molecular formula is C24H19ClFN3O3. The van der Waals surface area contributed by atoms with E-state index in [0.29, 0.717) is 28.9 Å². The van der Waals surface area contributed by atoms with Gasteiger partial charge in [-0.15, -0.1) is 0 Å². The number of benzene rings is 2. The summed E-state index contributed by atoms with van der Waals surface area (Å²) < 4.78 is 13.5. The van der Waals surface area contributed by atoms with Gasteiger partial charge in [-0.3, -0.25) is 19.4 Å². The Morgan fingerprint density at radius 3 is 2.69 bits per heavy atom. The fourth-order valence-corrected chi connectivity index (χ4v) is 3.89. The Kier molecular flexibility index (Phi) is 6.01. The van der Waals surface area contributed by atoms with Crippen LogP contribution >= 0.6 is 11.6 Å². The first-order chi connectivity index (χ1) is 15.3. The molecule has 2 aromatic carbocycles. The average Bonchev–Trinajstić information content (AvgIpc) is 2.81. The Morgan fingerprint density at radius 1 is 1.16 bits per heavy atom. The summed E-state index contributed by atoms with van der Waals surface area (Å²) >= 11 is 5.84. The summed E-state index contributed by atoms with van der Waals surface area (Å²) in [6, 6.07) is 12.4. The van der Waals surface area contributed by atoms with E-state index in [-0.39, 0.29) is 29.0 Å². The number of rotatable bonds is 5. The number of anilines is 1. The maximum Gasteiger partial charge on any atom is 0.251 e. The van der Waals surface area contributed by atoms with Crippen LogP contribution in [0.2, 0.25) is 5.02 Å². The molecule has 0 fully saturated rings. The van der Waals surface area contributed by atoms with Crippen LogP contribution < -0.4 is 10.2 Å². The number of fused-ring (bicyclic) bond motifs is 1. The van der Waals surface area contributed by atoms with Crippen LogP contribution in [0, 0.1) is 11.7 Å². The Bertz CT molecular complexity index is 1220. The lowest BCUT2D eigenvalue weighted by Crippen LogP contribution is -2.43. The molecule has 162 valence electrons. The smallest absolute Gasteiger partial charge is 0.251 e. The van der Waals surface area contributed by atoms with Crippen LogP contribution in [0.4, 0.5) is 10.1 Å². The number of ketones is 1. The van der Waals surface area contributed by atoms with Gasteiger partial charge in [0.05, 0.1) is 10.7 Å². The summed E-state index contributed by atoms with van der Waals surface area (Å²) in [6.45, 7) is 0.296. The van der Waals surface area contributed by atoms with Gasteiger partial charge in [0.1, 0.15) is 11.7 Å². The summed E-state index contributed by atoms with van der Waals surface area (Å²) in [5.41, 5.74) is 2.47. The number of pyridine rings is 1. The largest absolute Gasteiger partial charge is 0.348 e. The average molecular weight is 452 g/mol. The molecule has 32 heavy (non-hydrogen) atoms. The van der Waals surface area contributed by atoms with E-state index in [1.807, 2.05) is 6.07 Å². The molecule has 1 unspecified atom stereocenters. The third-order valence-corrected chi connectivity index (χ3v) is 5.72. The van der Waals surface area contributed by atoms with E-state index in [2.05, 4.69) is 10.3 Å². The van der Waals surface area contributed by atoms with Crippen molar-refractivity contribution in [1.29, 1.82) is 0 Å². The molecule has 3 aromatic rings. The molecule has 0 radical (unpaired) electrons. The first-order valence-corrected chi connectivity index (χ1v) is 10.3. The van der Waals surface area contributed by atoms with Gasteiger partial charge in [0, 0.05) is 37.1 Å². The van der Waals surface area contributed by atoms with Crippen molar-refractivity contribution in [2.45, 2.75) is 13.0 Å². The van der Waals surface area contributed by atoms with E-state index in [1.54, 1.807) is 37.6 Å². The van der Waals surface area contributed by atoms with Crippen molar-refractivity contribution >= 4 is 34.9 Å². The number of hydrogen-bond acceptors (Lipinski definition) is 4. The Morgan fingerprint density at radius 2 is 1.97 bits per heavy atom. The second-order valence-corrected chi connectivity index (χ2v) is 7.95. The minimum absolute atomic E-state index is 0.0699. The number of nitrogens with zero attached hydrogens (tertiary/aromatic N) is 2. The van der Waals surface area contributed by atoms with Crippen LogP contribution in [0.25, 0.3) is 0 Å². The van der Waals surface area contributed by atoms with E-state index in [0.717, 1.165) is 5.56 Å². The molecule has 0 bridgehead atoms. The molecule has 1 aliphatic rings. The quantitative estimate of drug-likeness (QED) is 0.598. The lowest BCUT2D eigenvalue weighted by molar-refractivity contribution is -0.120. The van der Waals surface area contributed by atoms with Crippen molar-refractivity contribution in [2.24, 2.45) is 5.92 Å². The van der Waals surface area contributed by atoms with Gasteiger partial charge in [-0.2, -0.15) is 0 Å². The summed E-state index contributed by atoms with van der Waals surface area (Å²) in [4.78, 5) is 44.1. The van der Waals surface area contributed by atoms with E-state index in [4.69, 9.17) is 11.6 Å². The number of nitrogens with one attached hydrogen (secondary N) is 1. The SMILES string of the molecule is CN1C(=O)C(Cc2ccc(F)c(Cl)c2)C(=O)c2cc(C(=O)NCc3cccnc3)ccc21. The summed E-state index contributed by atoms with van der Waals surface area (Å²) in [7, 11) is 1.58. The van der Waals surface area contributed by atoms with E-state index in [1.165, 1.54) is 29.2 Å². The zero-order chi connectivity index (χ0) is 22.8. The molecule has 4 rings (SSSR count). The summed E-state index contributed by atoms with van der Waals surface area (Å²) in [5.74, 6) is -2.64. The highest BCUT2D eigenvalue weighted by atomic mass is 35.5. The van der Waals surface area contributed by atoms with E-state index in [9.17, 15) is 18.8 Å². The number of amides is 2. The summed E-state index contributed by atoms with van der Waals surface area (Å²) in [5, 5.41) is 2.73. The van der Waals surface area contributed by atoms with Crippen molar-refractivity contribution in [1.82, 2.24) is 10.3 Å². The molecule has 0 spiro atoms. The van der Waals surface area contributed by atoms with Crippen LogP contribution in [0.1, 0.15) is 31.8 Å². The first kappa shape index (κ1) is 21.6. The molecule has 0 saturated heterocycles. The maximum atomic E-state index is 13.5. The highest BCUT2D eigenvalue weighted by Crippen LogP contribution is 2.32. The number of aromatic nitrogens is 1. The standard InChI is InChI=1S/C24H19ClFN3O3/c1-29-21-7-5-16(23(31)28-13-15-3-2-8-27-12-15)11-17(21)22(30)18(24(29)32)9-14-4-6-20(26)19(25)10-14/h2-8,10-12,18H,9,13H2,1H3,(H,28,31). The Hall–Kier alpha value is -3.58. The highest BCUT2D eigenvalue weighted by Gasteiger charge is 2.38. The third kappa shape index (κ3) is 4.24. The van der Waals surface area contributed by atoms with Gasteiger partial charge < -0.3 is 10.2 Å². The predicted octanol–water partition coefficient (Wildman–Crippen LogP) is 3.82. The van der Waals surface area contributed by atoms with Crippen LogP contribution in [0.3, 0.4) is 0 Å². The molecule has 1 N–H and O–H groups in total. The van der Waals surface area contributed by atoms with Crippen LogP contribution in [-0.4, -0.2) is 29.6 Å². The van der Waals surface area contributed by atoms with Crippen LogP contribution in [-0.2, 0) is 17.8 Å². The van der Waals surface area contributed by atoms with Gasteiger partial charge in [0.25, 0.3) is 5.91 Å². The molecule has 1 atom stereocenters. The topological polar surface area (TPSA) is 79.4 Å². The molecular weight excluding hydrogens is 433 g/mol. The zero-order valence-corrected chi connectivity index (χ0v) is 17.9. The fraction of sp³-hybridized carbons (Fsp3) is 0.167. The Balaban J connectivity index is 1.57. The lowest BCUT2D eigenvalue weighted by atomic mass is 9.85. The molecule has 2 amide bonds. The van der Waals surface area contributed by atoms with Crippen molar-refractivity contribution in [3.63, 3.8) is 0 Å². The predicted molar refractivity (Wildman–Crippen MR) is 118 cm³/mol. The van der Waals surface area contributed by atoms with E-state index >= 15 is 0 Å². The maximum absolute atomic E-state index is 13.5. The van der Waals surface area contributed by atoms with Crippen molar-refractivity contribution in [2.75, 3.05) is 11.9 Å². The number of hydrogen-bond donors (Lipinski definition) is 1. The Labute approximate surface area is 189 Å². The van der Waals surface area contributed by atoms with Crippen molar-refractivity contribution in [3.05, 3.63) is 94.0 Å². The molecule has 1 aromatic heterocycles. The molecule has 0 aliphatic carbocycles. The van der Waals surface area contributed by atoms with E-state index < -0.39 is 11.7 Å². The van der Waals surface area contributed by atoms with Crippen molar-refractivity contribution in [3.8, 4) is 0 Å². The van der Waals surface area contributed by atoms with Crippen LogP contribution in [0.5, 0.6) is 0 Å². The molecule has 0 saturated carbocycles. The van der Waals surface area contributed by atoms with Gasteiger partial charge >= 0.3 is 0 Å². The van der Waals surface area contributed by atoms with Gasteiger partial charge in [0.2, 0.25) is 5.91 Å². The molecule has 6 nitrogen and oxygen atoms in total. The highest BCUT2D eigenvalue weighted by molar-refractivity contribution is 6.30. The monoisotopic (exact) mass is 451 g/mol. The van der Waals surface area contributed by atoms with Crippen LogP contribution in [0.15, 0.2) is 60.9 Å². The zero-order valence-electron chi connectivity index (χ0n) is 17.1. The molecule has 2 heterocycles. The fourth-order valence-electron chi connectivity index (χ4n) is 3.69. The summed E-state index contributed by atoms with van der Waals surface area (Å²) in [6.07, 6.45) is 3.39. The first-order valence-electron chi connectivity index (χ1n) is 9.92. The van der Waals surface area contributed by atoms with Crippen molar-refractivity contribution < 1.29 is 18.8 Å². The minimum Gasteiger partial charge on any atom is -0.348 e. The lowest BCUT2D eigenvalue weighted by Gasteiger charge is -2.31. The normalized spacial score (nSPS) is 15.5. The van der Waals surface area contributed by atoms with Gasteiger partial charge in [-0.25, -0.2) is 4.39 Å².